The van der Waals surface area contributed by atoms with Gasteiger partial charge >= 0.3 is 0 Å². The molecule has 0 spiro atoms. The van der Waals surface area contributed by atoms with Crippen molar-refractivity contribution in [1.82, 2.24) is 4.98 Å². The lowest BCUT2D eigenvalue weighted by Gasteiger charge is -2.09. The maximum atomic E-state index is 9.39. The molecule has 0 saturated heterocycles. The fourth-order valence-electron chi connectivity index (χ4n) is 2.44. The molecule has 2 N–H and O–H groups in total. The highest BCUT2D eigenvalue weighted by Gasteiger charge is 2.11. The fraction of sp³-hybridized carbons (Fsp3) is 0.118. The van der Waals surface area contributed by atoms with E-state index in [1.165, 1.54) is 5.56 Å². The molecule has 0 atom stereocenters. The molecule has 3 nitrogen and oxygen atoms in total. The average Bonchev–Trinajstić information content (AvgIpc) is 2.79. The maximum absolute atomic E-state index is 9.39. The summed E-state index contributed by atoms with van der Waals surface area (Å²) in [5.74, 6) is 0.751. The molecule has 20 heavy (non-hydrogen) atoms. The maximum Gasteiger partial charge on any atom is 0.127 e. The summed E-state index contributed by atoms with van der Waals surface area (Å²) in [6.07, 6.45) is 0. The van der Waals surface area contributed by atoms with Gasteiger partial charge in [-0.25, -0.2) is 0 Å². The van der Waals surface area contributed by atoms with E-state index in [1.807, 2.05) is 30.3 Å². The minimum absolute atomic E-state index is 0.653. The number of nitriles is 1. The van der Waals surface area contributed by atoms with E-state index >= 15 is 0 Å². The average molecular weight is 261 g/mol. The van der Waals surface area contributed by atoms with Gasteiger partial charge in [-0.15, -0.1) is 0 Å². The molecule has 1 aromatic heterocycles. The van der Waals surface area contributed by atoms with Crippen LogP contribution >= 0.6 is 0 Å². The highest BCUT2D eigenvalue weighted by Crippen LogP contribution is 2.29. The molecule has 1 heterocycles. The molecular formula is C17H15N3. The first kappa shape index (κ1) is 12.3. The fourth-order valence-corrected chi connectivity index (χ4v) is 2.44. The summed E-state index contributed by atoms with van der Waals surface area (Å²) < 4.78 is 0. The molecule has 3 heteroatoms. The Morgan fingerprint density at radius 3 is 2.65 bits per heavy atom. The van der Waals surface area contributed by atoms with E-state index in [0.29, 0.717) is 5.56 Å². The van der Waals surface area contributed by atoms with E-state index in [2.05, 4.69) is 42.4 Å². The van der Waals surface area contributed by atoms with Gasteiger partial charge in [-0.05, 0) is 31.5 Å². The number of aromatic nitrogens is 1. The predicted molar refractivity (Wildman–Crippen MR) is 82.2 cm³/mol. The third kappa shape index (κ3) is 2.02. The minimum Gasteiger partial charge on any atom is -0.340 e. The number of aromatic amines is 1. The van der Waals surface area contributed by atoms with Crippen molar-refractivity contribution in [1.29, 1.82) is 5.26 Å². The Bertz CT molecular complexity index is 822. The van der Waals surface area contributed by atoms with E-state index in [0.717, 1.165) is 28.0 Å². The summed E-state index contributed by atoms with van der Waals surface area (Å²) in [4.78, 5) is 3.27. The SMILES string of the molecule is Cc1ccc(Nc2[nH]c3ccccc3c2C#N)c(C)c1. The Balaban J connectivity index is 2.09. The van der Waals surface area contributed by atoms with Crippen molar-refractivity contribution in [2.24, 2.45) is 0 Å². The molecule has 3 aromatic rings. The number of nitrogens with zero attached hydrogens (tertiary/aromatic N) is 1. The molecule has 0 fully saturated rings. The second-order valence-corrected chi connectivity index (χ2v) is 4.98. The topological polar surface area (TPSA) is 51.6 Å². The van der Waals surface area contributed by atoms with Crippen molar-refractivity contribution < 1.29 is 0 Å². The van der Waals surface area contributed by atoms with E-state index in [4.69, 9.17) is 0 Å². The van der Waals surface area contributed by atoms with Crippen LogP contribution in [0, 0.1) is 25.2 Å². The number of H-pyrrole nitrogens is 1. The monoisotopic (exact) mass is 261 g/mol. The molecule has 0 unspecified atom stereocenters. The predicted octanol–water partition coefficient (Wildman–Crippen LogP) is 4.40. The first-order valence-corrected chi connectivity index (χ1v) is 6.54. The quantitative estimate of drug-likeness (QED) is 0.718. The van der Waals surface area contributed by atoms with Crippen LogP contribution in [0.4, 0.5) is 11.5 Å². The van der Waals surface area contributed by atoms with Crippen LogP contribution in [0.2, 0.25) is 0 Å². The lowest BCUT2D eigenvalue weighted by Crippen LogP contribution is -1.95. The second-order valence-electron chi connectivity index (χ2n) is 4.98. The van der Waals surface area contributed by atoms with E-state index in [1.54, 1.807) is 0 Å². The second kappa shape index (κ2) is 4.75. The highest BCUT2D eigenvalue weighted by atomic mass is 15.0. The van der Waals surface area contributed by atoms with Crippen LogP contribution in [-0.4, -0.2) is 4.98 Å². The lowest BCUT2D eigenvalue weighted by molar-refractivity contribution is 1.34. The summed E-state index contributed by atoms with van der Waals surface area (Å²) in [6, 6.07) is 16.3. The Hall–Kier alpha value is -2.73. The van der Waals surface area contributed by atoms with Crippen molar-refractivity contribution in [3.05, 3.63) is 59.2 Å². The van der Waals surface area contributed by atoms with Gasteiger partial charge < -0.3 is 10.3 Å². The van der Waals surface area contributed by atoms with Crippen LogP contribution in [0.5, 0.6) is 0 Å². The number of para-hydroxylation sites is 1. The molecule has 0 radical (unpaired) electrons. The van der Waals surface area contributed by atoms with Crippen LogP contribution < -0.4 is 5.32 Å². The lowest BCUT2D eigenvalue weighted by atomic mass is 10.1. The number of anilines is 2. The molecule has 0 aliphatic heterocycles. The van der Waals surface area contributed by atoms with Crippen LogP contribution in [0.3, 0.4) is 0 Å². The zero-order chi connectivity index (χ0) is 14.1. The first-order chi connectivity index (χ1) is 9.69. The van der Waals surface area contributed by atoms with Crippen molar-refractivity contribution in [2.75, 3.05) is 5.32 Å². The van der Waals surface area contributed by atoms with Gasteiger partial charge in [0.2, 0.25) is 0 Å². The summed E-state index contributed by atoms with van der Waals surface area (Å²) in [5, 5.41) is 13.7. The molecule has 0 amide bonds. The standard InChI is InChI=1S/C17H15N3/c1-11-7-8-15(12(2)9-11)19-17-14(10-18)13-5-3-4-6-16(13)20-17/h3-9,19-20H,1-2H3. The molecule has 3 rings (SSSR count). The van der Waals surface area contributed by atoms with Crippen LogP contribution in [0.15, 0.2) is 42.5 Å². The van der Waals surface area contributed by atoms with Gasteiger partial charge in [0.1, 0.15) is 17.5 Å². The van der Waals surface area contributed by atoms with Gasteiger partial charge in [0.15, 0.2) is 0 Å². The molecule has 0 aliphatic rings. The third-order valence-electron chi connectivity index (χ3n) is 3.46. The van der Waals surface area contributed by atoms with E-state index < -0.39 is 0 Å². The Labute approximate surface area is 117 Å². The van der Waals surface area contributed by atoms with Gasteiger partial charge in [0.25, 0.3) is 0 Å². The van der Waals surface area contributed by atoms with Crippen molar-refractivity contribution >= 4 is 22.4 Å². The van der Waals surface area contributed by atoms with Crippen molar-refractivity contribution in [3.63, 3.8) is 0 Å². The third-order valence-corrected chi connectivity index (χ3v) is 3.46. The number of rotatable bonds is 2. The smallest absolute Gasteiger partial charge is 0.127 e. The molecule has 98 valence electrons. The molecule has 0 saturated carbocycles. The van der Waals surface area contributed by atoms with Crippen LogP contribution in [0.25, 0.3) is 10.9 Å². The molecule has 0 aliphatic carbocycles. The van der Waals surface area contributed by atoms with E-state index in [-0.39, 0.29) is 0 Å². The van der Waals surface area contributed by atoms with Gasteiger partial charge in [-0.3, -0.25) is 0 Å². The Kier molecular flexibility index (Phi) is 2.92. The zero-order valence-corrected chi connectivity index (χ0v) is 11.5. The van der Waals surface area contributed by atoms with Crippen LogP contribution in [0.1, 0.15) is 16.7 Å². The van der Waals surface area contributed by atoms with Gasteiger partial charge in [0.05, 0.1) is 0 Å². The summed E-state index contributed by atoms with van der Waals surface area (Å²) in [7, 11) is 0. The summed E-state index contributed by atoms with van der Waals surface area (Å²) in [6.45, 7) is 4.13. The number of benzene rings is 2. The number of aryl methyl sites for hydroxylation is 2. The van der Waals surface area contributed by atoms with Crippen molar-refractivity contribution in [2.45, 2.75) is 13.8 Å². The molecule has 0 bridgehead atoms. The Morgan fingerprint density at radius 2 is 1.90 bits per heavy atom. The van der Waals surface area contributed by atoms with Crippen molar-refractivity contribution in [3.8, 4) is 6.07 Å². The van der Waals surface area contributed by atoms with Crippen LogP contribution in [-0.2, 0) is 0 Å². The van der Waals surface area contributed by atoms with Gasteiger partial charge in [-0.2, -0.15) is 5.26 Å². The minimum atomic E-state index is 0.653. The number of nitrogens with one attached hydrogen (secondary N) is 2. The van der Waals surface area contributed by atoms with Gasteiger partial charge in [-0.1, -0.05) is 35.9 Å². The summed E-state index contributed by atoms with van der Waals surface area (Å²) >= 11 is 0. The highest BCUT2D eigenvalue weighted by molar-refractivity contribution is 5.92. The van der Waals surface area contributed by atoms with E-state index in [9.17, 15) is 5.26 Å². The molecule has 2 aromatic carbocycles. The normalized spacial score (nSPS) is 10.4. The zero-order valence-electron chi connectivity index (χ0n) is 11.5. The summed E-state index contributed by atoms with van der Waals surface area (Å²) in [5.41, 5.74) is 5.02. The van der Waals surface area contributed by atoms with Gasteiger partial charge in [0, 0.05) is 16.6 Å². The first-order valence-electron chi connectivity index (χ1n) is 6.54. The number of hydrogen-bond donors (Lipinski definition) is 2. The number of fused-ring (bicyclic) bond motifs is 1. The largest absolute Gasteiger partial charge is 0.340 e. The number of hydrogen-bond acceptors (Lipinski definition) is 2. The Morgan fingerprint density at radius 1 is 1.10 bits per heavy atom. The molecular weight excluding hydrogens is 246 g/mol.